The summed E-state index contributed by atoms with van der Waals surface area (Å²) in [4.78, 5) is 63.4. The summed E-state index contributed by atoms with van der Waals surface area (Å²) in [5.74, 6) is 1.55. The van der Waals surface area contributed by atoms with Crippen LogP contribution in [0.2, 0.25) is 0 Å². The molecule has 318 valence electrons. The number of hydrogen-bond acceptors (Lipinski definition) is 9. The zero-order valence-electron chi connectivity index (χ0n) is 34.7. The molecule has 4 aliphatic rings. The highest BCUT2D eigenvalue weighted by Crippen LogP contribution is 2.37. The molecule has 3 amide bonds. The second kappa shape index (κ2) is 18.4. The minimum absolute atomic E-state index is 0.111. The lowest BCUT2D eigenvalue weighted by Gasteiger charge is -2.37. The monoisotopic (exact) mass is 826 g/mol. The van der Waals surface area contributed by atoms with Gasteiger partial charge in [0, 0.05) is 38.3 Å². The number of benzene rings is 3. The maximum absolute atomic E-state index is 14.4. The molecule has 9 rings (SSSR count). The topological polar surface area (TPSA) is 158 Å². The summed E-state index contributed by atoms with van der Waals surface area (Å²) in [6.45, 7) is 4.91. The lowest BCUT2D eigenvalue weighted by Crippen LogP contribution is -2.48. The van der Waals surface area contributed by atoms with Gasteiger partial charge in [-0.2, -0.15) is 0 Å². The van der Waals surface area contributed by atoms with Crippen LogP contribution in [-0.4, -0.2) is 112 Å². The van der Waals surface area contributed by atoms with Crippen LogP contribution in [0, 0.1) is 0 Å². The minimum Gasteiger partial charge on any atom is -0.453 e. The number of aromatic amines is 2. The molecule has 0 spiro atoms. The van der Waals surface area contributed by atoms with Gasteiger partial charge in [-0.25, -0.2) is 14.8 Å². The van der Waals surface area contributed by atoms with Gasteiger partial charge in [0.15, 0.2) is 0 Å². The van der Waals surface area contributed by atoms with Crippen molar-refractivity contribution in [2.45, 2.75) is 75.7 Å². The third-order valence-electron chi connectivity index (χ3n) is 12.6. The molecule has 4 aliphatic heterocycles. The Kier molecular flexibility index (Phi) is 12.3. The molecule has 61 heavy (non-hydrogen) atoms. The molecule has 3 saturated heterocycles. The van der Waals surface area contributed by atoms with E-state index >= 15 is 0 Å². The summed E-state index contributed by atoms with van der Waals surface area (Å²) in [5, 5.41) is 2.75. The Labute approximate surface area is 356 Å². The van der Waals surface area contributed by atoms with E-state index < -0.39 is 12.1 Å². The average molecular weight is 827 g/mol. The van der Waals surface area contributed by atoms with Crippen molar-refractivity contribution in [2.24, 2.45) is 0 Å². The quantitative estimate of drug-likeness (QED) is 0.151. The number of carbonyl (C=O) groups excluding carboxylic acids is 3. The van der Waals surface area contributed by atoms with E-state index in [9.17, 15) is 14.4 Å². The molecular formula is C47H54N8O6. The van der Waals surface area contributed by atoms with Crippen molar-refractivity contribution >= 4 is 17.9 Å². The summed E-state index contributed by atoms with van der Waals surface area (Å²) in [6, 6.07) is 25.6. The number of nitrogens with zero attached hydrogens (tertiary/aromatic N) is 5. The van der Waals surface area contributed by atoms with Gasteiger partial charge in [-0.1, -0.05) is 78.9 Å². The molecule has 6 heterocycles. The number of rotatable bonds is 8. The SMILES string of the molecule is COC(=O)N[C@H]1CCCCOCc2[nH]c(nc2-c2ccc(-c3ccc(-c4cnc([C@@H]5CCCN5C(=O)[C@@H](c5ccccc5)N5CCOCC5)[nH]4)cc3)cc2)[C@@H]2CCCN2C1=O. The normalized spacial score (nSPS) is 21.9. The van der Waals surface area contributed by atoms with Gasteiger partial charge in [0.05, 0.1) is 62.3 Å². The molecule has 0 unspecified atom stereocenters. The maximum Gasteiger partial charge on any atom is 0.407 e. The number of alkyl carbamates (subject to hydrolysis) is 1. The Balaban J connectivity index is 0.897. The van der Waals surface area contributed by atoms with Crippen LogP contribution < -0.4 is 5.32 Å². The molecule has 14 nitrogen and oxygen atoms in total. The van der Waals surface area contributed by atoms with Crippen LogP contribution in [-0.2, 0) is 30.4 Å². The van der Waals surface area contributed by atoms with Crippen LogP contribution in [0.1, 0.15) is 86.0 Å². The highest BCUT2D eigenvalue weighted by molar-refractivity contribution is 5.86. The Morgan fingerprint density at radius 1 is 0.754 bits per heavy atom. The number of morpholine rings is 1. The lowest BCUT2D eigenvalue weighted by atomic mass is 10.0. The Hall–Kier alpha value is -5.83. The Bertz CT molecular complexity index is 2290. The van der Waals surface area contributed by atoms with E-state index in [4.69, 9.17) is 24.2 Å². The average Bonchev–Trinajstić information content (AvgIpc) is 4.15. The number of fused-ring (bicyclic) bond motifs is 4. The first kappa shape index (κ1) is 40.6. The molecule has 3 aromatic carbocycles. The van der Waals surface area contributed by atoms with Crippen LogP contribution in [0.4, 0.5) is 4.79 Å². The molecule has 0 aliphatic carbocycles. The van der Waals surface area contributed by atoms with E-state index in [2.05, 4.69) is 80.8 Å². The predicted molar refractivity (Wildman–Crippen MR) is 229 cm³/mol. The van der Waals surface area contributed by atoms with Gasteiger partial charge < -0.3 is 39.3 Å². The van der Waals surface area contributed by atoms with Crippen molar-refractivity contribution in [1.82, 2.24) is 40.0 Å². The smallest absolute Gasteiger partial charge is 0.407 e. The Morgan fingerprint density at radius 3 is 2.21 bits per heavy atom. The van der Waals surface area contributed by atoms with Crippen molar-refractivity contribution in [3.05, 3.63) is 108 Å². The first-order valence-electron chi connectivity index (χ1n) is 21.7. The third kappa shape index (κ3) is 8.70. The number of methoxy groups -OCH3 is 1. The van der Waals surface area contributed by atoms with Gasteiger partial charge in [0.2, 0.25) is 11.8 Å². The number of nitrogens with one attached hydrogen (secondary N) is 3. The summed E-state index contributed by atoms with van der Waals surface area (Å²) < 4.78 is 16.6. The van der Waals surface area contributed by atoms with Gasteiger partial charge in [-0.05, 0) is 67.2 Å². The summed E-state index contributed by atoms with van der Waals surface area (Å²) in [6.07, 6.45) is 6.70. The number of carbonyl (C=O) groups is 3. The first-order valence-corrected chi connectivity index (χ1v) is 21.7. The summed E-state index contributed by atoms with van der Waals surface area (Å²) in [7, 11) is 1.31. The molecule has 0 saturated carbocycles. The van der Waals surface area contributed by atoms with Gasteiger partial charge in [-0.3, -0.25) is 14.5 Å². The van der Waals surface area contributed by atoms with E-state index in [1.54, 1.807) is 0 Å². The van der Waals surface area contributed by atoms with Gasteiger partial charge in [0.25, 0.3) is 0 Å². The van der Waals surface area contributed by atoms with Crippen LogP contribution in [0.3, 0.4) is 0 Å². The molecule has 2 aromatic heterocycles. The standard InChI is InChI=1S/C47H54N8O6/c1-59-47(58)51-36-11-5-6-26-61-30-38-41(52-44(50-38)40-13-8-22-54(40)45(36)56)34-20-16-32(17-21-34)31-14-18-33(19-15-31)37-29-48-43(49-37)39-12-7-23-55(39)46(57)42(35-9-3-2-4-10-35)53-24-27-60-28-25-53/h2-4,9-10,14-21,29,36,39-40,42H,5-8,11-13,22-28,30H2,1H3,(H,48,49)(H,50,52)(H,51,58)/t36-,39-,40-,42+/m0/s1. The van der Waals surface area contributed by atoms with E-state index in [0.717, 1.165) is 108 Å². The molecule has 3 fully saturated rings. The Morgan fingerprint density at radius 2 is 1.46 bits per heavy atom. The number of H-pyrrole nitrogens is 2. The second-order valence-corrected chi connectivity index (χ2v) is 16.4. The molecule has 5 aromatic rings. The zero-order valence-corrected chi connectivity index (χ0v) is 34.7. The first-order chi connectivity index (χ1) is 29.9. The number of amides is 3. The second-order valence-electron chi connectivity index (χ2n) is 16.4. The number of hydrogen-bond donors (Lipinski definition) is 3. The van der Waals surface area contributed by atoms with Crippen molar-refractivity contribution in [3.63, 3.8) is 0 Å². The van der Waals surface area contributed by atoms with E-state index in [1.807, 2.05) is 34.2 Å². The summed E-state index contributed by atoms with van der Waals surface area (Å²) >= 11 is 0. The fourth-order valence-electron chi connectivity index (χ4n) is 9.40. The molecule has 4 atom stereocenters. The van der Waals surface area contributed by atoms with Crippen molar-refractivity contribution < 1.29 is 28.6 Å². The van der Waals surface area contributed by atoms with Crippen LogP contribution in [0.15, 0.2) is 85.1 Å². The predicted octanol–water partition coefficient (Wildman–Crippen LogP) is 6.96. The van der Waals surface area contributed by atoms with Gasteiger partial charge in [-0.15, -0.1) is 0 Å². The maximum atomic E-state index is 14.4. The number of ether oxygens (including phenoxy) is 3. The molecular weight excluding hydrogens is 773 g/mol. The molecule has 14 heteroatoms. The van der Waals surface area contributed by atoms with E-state index in [0.29, 0.717) is 45.9 Å². The number of aromatic nitrogens is 4. The largest absolute Gasteiger partial charge is 0.453 e. The van der Waals surface area contributed by atoms with Gasteiger partial charge >= 0.3 is 6.09 Å². The highest BCUT2D eigenvalue weighted by Gasteiger charge is 2.40. The van der Waals surface area contributed by atoms with E-state index in [-0.39, 0.29) is 29.9 Å². The van der Waals surface area contributed by atoms with Crippen LogP contribution in [0.25, 0.3) is 33.6 Å². The molecule has 3 N–H and O–H groups in total. The van der Waals surface area contributed by atoms with Gasteiger partial charge in [0.1, 0.15) is 23.7 Å². The van der Waals surface area contributed by atoms with E-state index in [1.165, 1.54) is 7.11 Å². The fourth-order valence-corrected chi connectivity index (χ4v) is 9.40. The van der Waals surface area contributed by atoms with Crippen molar-refractivity contribution in [2.75, 3.05) is 53.1 Å². The van der Waals surface area contributed by atoms with Crippen molar-refractivity contribution in [1.29, 1.82) is 0 Å². The van der Waals surface area contributed by atoms with Crippen LogP contribution in [0.5, 0.6) is 0 Å². The highest BCUT2D eigenvalue weighted by atomic mass is 16.5. The van der Waals surface area contributed by atoms with Crippen molar-refractivity contribution in [3.8, 4) is 33.6 Å². The fraction of sp³-hybridized carbons (Fsp3) is 0.426. The molecule has 2 bridgehead atoms. The molecule has 0 radical (unpaired) electrons. The summed E-state index contributed by atoms with van der Waals surface area (Å²) in [5.41, 5.74) is 7.74. The number of imidazole rings is 2. The minimum atomic E-state index is -0.666. The number of likely N-dealkylation sites (tertiary alicyclic amines) is 1. The third-order valence-corrected chi connectivity index (χ3v) is 12.6. The zero-order chi connectivity index (χ0) is 41.7. The lowest BCUT2D eigenvalue weighted by molar-refractivity contribution is -0.140. The van der Waals surface area contributed by atoms with Crippen LogP contribution >= 0.6 is 0 Å².